The highest BCUT2D eigenvalue weighted by Crippen LogP contribution is 2.26. The second-order valence-corrected chi connectivity index (χ2v) is 5.36. The van der Waals surface area contributed by atoms with Gasteiger partial charge in [0.05, 0.1) is 13.5 Å². The molecule has 0 fully saturated rings. The lowest BCUT2D eigenvalue weighted by Gasteiger charge is -2.19. The van der Waals surface area contributed by atoms with E-state index in [2.05, 4.69) is 0 Å². The molecule has 2 unspecified atom stereocenters. The van der Waals surface area contributed by atoms with E-state index in [1.54, 1.807) is 24.3 Å². The third kappa shape index (κ3) is 6.47. The van der Waals surface area contributed by atoms with Gasteiger partial charge in [-0.15, -0.1) is 0 Å². The van der Waals surface area contributed by atoms with Crippen LogP contribution in [0.1, 0.15) is 37.7 Å². The van der Waals surface area contributed by atoms with Crippen molar-refractivity contribution in [2.45, 2.75) is 44.3 Å². The van der Waals surface area contributed by atoms with Gasteiger partial charge in [0.15, 0.2) is 0 Å². The lowest BCUT2D eigenvalue weighted by Crippen LogP contribution is -2.43. The summed E-state index contributed by atoms with van der Waals surface area (Å²) in [5.41, 5.74) is 0.830. The predicted octanol–water partition coefficient (Wildman–Crippen LogP) is 3.10. The van der Waals surface area contributed by atoms with E-state index in [9.17, 15) is 22.8 Å². The Morgan fingerprint density at radius 2 is 1.83 bits per heavy atom. The third-order valence-corrected chi connectivity index (χ3v) is 3.58. The summed E-state index contributed by atoms with van der Waals surface area (Å²) in [6.45, 7) is 1.84. The molecule has 0 saturated carbocycles. The van der Waals surface area contributed by atoms with Gasteiger partial charge in [-0.3, -0.25) is 4.79 Å². The van der Waals surface area contributed by atoms with Gasteiger partial charge in [-0.2, -0.15) is 13.2 Å². The zero-order valence-corrected chi connectivity index (χ0v) is 13.4. The number of methoxy groups -OCH3 is 1. The molecule has 134 valence electrons. The lowest BCUT2D eigenvalue weighted by atomic mass is 9.92. The maximum atomic E-state index is 12.4. The van der Waals surface area contributed by atoms with Gasteiger partial charge >= 0.3 is 12.1 Å². The van der Waals surface area contributed by atoms with Gasteiger partial charge in [-0.25, -0.2) is 4.79 Å². The van der Waals surface area contributed by atoms with Crippen LogP contribution in [0.25, 0.3) is 0 Å². The number of carboxylic acid groups (broad SMARTS) is 1. The van der Waals surface area contributed by atoms with Crippen LogP contribution in [0.5, 0.6) is 5.75 Å². The summed E-state index contributed by atoms with van der Waals surface area (Å²) in [6.07, 6.45) is -5.79. The largest absolute Gasteiger partial charge is 0.497 e. The number of alkyl halides is 3. The van der Waals surface area contributed by atoms with Crippen LogP contribution in [0, 0.1) is 0 Å². The molecule has 2 atom stereocenters. The first-order valence-electron chi connectivity index (χ1n) is 7.39. The SMILES string of the molecule is CCC(CC(=O)NC(CC(F)(F)F)C(=O)O)c1ccc(OC)cc1. The first kappa shape index (κ1) is 19.8. The van der Waals surface area contributed by atoms with Crippen molar-refractivity contribution in [1.82, 2.24) is 5.32 Å². The van der Waals surface area contributed by atoms with Crippen molar-refractivity contribution in [3.63, 3.8) is 0 Å². The highest BCUT2D eigenvalue weighted by Gasteiger charge is 2.36. The molecule has 0 aliphatic carbocycles. The van der Waals surface area contributed by atoms with Crippen LogP contribution < -0.4 is 10.1 Å². The van der Waals surface area contributed by atoms with Crippen molar-refractivity contribution in [2.75, 3.05) is 7.11 Å². The molecule has 0 heterocycles. The summed E-state index contributed by atoms with van der Waals surface area (Å²) in [4.78, 5) is 22.8. The Morgan fingerprint density at radius 1 is 1.25 bits per heavy atom. The van der Waals surface area contributed by atoms with Crippen molar-refractivity contribution in [3.05, 3.63) is 29.8 Å². The standard InChI is InChI=1S/C16H20F3NO4/c1-3-10(11-4-6-12(24-2)7-5-11)8-14(21)20-13(15(22)23)9-16(17,18)19/h4-7,10,13H,3,8-9H2,1-2H3,(H,20,21)(H,22,23). The number of halogens is 3. The Labute approximate surface area is 137 Å². The van der Waals surface area contributed by atoms with E-state index >= 15 is 0 Å². The summed E-state index contributed by atoms with van der Waals surface area (Å²) in [6, 6.07) is 5.00. The fourth-order valence-electron chi connectivity index (χ4n) is 2.28. The number of carbonyl (C=O) groups excluding carboxylic acids is 1. The summed E-state index contributed by atoms with van der Waals surface area (Å²) in [5.74, 6) is -2.02. The van der Waals surface area contributed by atoms with Crippen LogP contribution in [-0.2, 0) is 9.59 Å². The highest BCUT2D eigenvalue weighted by atomic mass is 19.4. The van der Waals surface area contributed by atoms with E-state index in [-0.39, 0.29) is 12.3 Å². The van der Waals surface area contributed by atoms with Crippen molar-refractivity contribution in [1.29, 1.82) is 0 Å². The van der Waals surface area contributed by atoms with Gasteiger partial charge in [0, 0.05) is 6.42 Å². The summed E-state index contributed by atoms with van der Waals surface area (Å²) < 4.78 is 42.1. The van der Waals surface area contributed by atoms with Gasteiger partial charge in [-0.05, 0) is 30.0 Å². The molecule has 8 heteroatoms. The highest BCUT2D eigenvalue weighted by molar-refractivity contribution is 5.84. The van der Waals surface area contributed by atoms with E-state index in [0.29, 0.717) is 12.2 Å². The number of aliphatic carboxylic acids is 1. The zero-order chi connectivity index (χ0) is 18.3. The molecule has 1 aromatic carbocycles. The van der Waals surface area contributed by atoms with Crippen LogP contribution in [0.2, 0.25) is 0 Å². The van der Waals surface area contributed by atoms with E-state index in [1.165, 1.54) is 7.11 Å². The van der Waals surface area contributed by atoms with Gasteiger partial charge < -0.3 is 15.2 Å². The van der Waals surface area contributed by atoms with Gasteiger partial charge in [-0.1, -0.05) is 19.1 Å². The van der Waals surface area contributed by atoms with E-state index in [0.717, 1.165) is 5.56 Å². The Bertz CT molecular complexity index is 557. The van der Waals surface area contributed by atoms with Crippen LogP contribution in [0.15, 0.2) is 24.3 Å². The fourth-order valence-corrected chi connectivity index (χ4v) is 2.28. The van der Waals surface area contributed by atoms with Gasteiger partial charge in [0.25, 0.3) is 0 Å². The zero-order valence-electron chi connectivity index (χ0n) is 13.4. The third-order valence-electron chi connectivity index (χ3n) is 3.58. The van der Waals surface area contributed by atoms with Crippen molar-refractivity contribution in [2.24, 2.45) is 0 Å². The Kier molecular flexibility index (Phi) is 7.06. The topological polar surface area (TPSA) is 75.6 Å². The lowest BCUT2D eigenvalue weighted by molar-refractivity contribution is -0.160. The number of nitrogens with one attached hydrogen (secondary N) is 1. The summed E-state index contributed by atoms with van der Waals surface area (Å²) in [7, 11) is 1.52. The molecular weight excluding hydrogens is 327 g/mol. The minimum Gasteiger partial charge on any atom is -0.497 e. The normalized spacial score (nSPS) is 13.9. The van der Waals surface area contributed by atoms with Crippen molar-refractivity contribution >= 4 is 11.9 Å². The molecule has 5 nitrogen and oxygen atoms in total. The molecule has 24 heavy (non-hydrogen) atoms. The number of carbonyl (C=O) groups is 2. The number of ether oxygens (including phenoxy) is 1. The summed E-state index contributed by atoms with van der Waals surface area (Å²) >= 11 is 0. The maximum Gasteiger partial charge on any atom is 0.391 e. The average Bonchev–Trinajstić information content (AvgIpc) is 2.50. The van der Waals surface area contributed by atoms with E-state index < -0.39 is 30.5 Å². The number of rotatable bonds is 8. The first-order valence-corrected chi connectivity index (χ1v) is 7.39. The molecule has 0 aliphatic heterocycles. The molecule has 1 rings (SSSR count). The fraction of sp³-hybridized carbons (Fsp3) is 0.500. The number of hydrogen-bond donors (Lipinski definition) is 2. The minimum absolute atomic E-state index is 0.0928. The molecular formula is C16H20F3NO4. The van der Waals surface area contributed by atoms with E-state index in [4.69, 9.17) is 9.84 Å². The minimum atomic E-state index is -4.67. The number of amides is 1. The van der Waals surface area contributed by atoms with Crippen molar-refractivity contribution in [3.8, 4) is 5.75 Å². The quantitative estimate of drug-likeness (QED) is 0.758. The van der Waals surface area contributed by atoms with Crippen LogP contribution >= 0.6 is 0 Å². The van der Waals surface area contributed by atoms with Crippen LogP contribution in [0.4, 0.5) is 13.2 Å². The van der Waals surface area contributed by atoms with Crippen LogP contribution in [0.3, 0.4) is 0 Å². The second kappa shape index (κ2) is 8.56. The molecule has 0 aliphatic rings. The molecule has 1 aromatic rings. The molecule has 0 radical (unpaired) electrons. The van der Waals surface area contributed by atoms with Gasteiger partial charge in [0.2, 0.25) is 5.91 Å². The molecule has 0 aromatic heterocycles. The maximum absolute atomic E-state index is 12.4. The molecule has 1 amide bonds. The Morgan fingerprint density at radius 3 is 2.25 bits per heavy atom. The van der Waals surface area contributed by atoms with E-state index in [1.807, 2.05) is 12.2 Å². The first-order chi connectivity index (χ1) is 11.2. The average molecular weight is 347 g/mol. The Balaban J connectivity index is 2.73. The smallest absolute Gasteiger partial charge is 0.391 e. The monoisotopic (exact) mass is 347 g/mol. The number of hydrogen-bond acceptors (Lipinski definition) is 3. The number of benzene rings is 1. The predicted molar refractivity (Wildman–Crippen MR) is 80.9 cm³/mol. The molecule has 0 spiro atoms. The summed E-state index contributed by atoms with van der Waals surface area (Å²) in [5, 5.41) is 10.8. The second-order valence-electron chi connectivity index (χ2n) is 5.36. The number of carboxylic acids is 1. The molecule has 0 bridgehead atoms. The molecule has 2 N–H and O–H groups in total. The van der Waals surface area contributed by atoms with Gasteiger partial charge in [0.1, 0.15) is 11.8 Å². The molecule has 0 saturated heterocycles. The van der Waals surface area contributed by atoms with Crippen LogP contribution in [-0.4, -0.2) is 36.3 Å². The van der Waals surface area contributed by atoms with Crippen molar-refractivity contribution < 1.29 is 32.6 Å². The Hall–Kier alpha value is -2.25.